The maximum absolute atomic E-state index is 11.5. The number of nitrogens with one attached hydrogen (secondary N) is 1. The van der Waals surface area contributed by atoms with Gasteiger partial charge in [-0.15, -0.1) is 0 Å². The summed E-state index contributed by atoms with van der Waals surface area (Å²) in [5.41, 5.74) is 1.94. The van der Waals surface area contributed by atoms with E-state index in [0.29, 0.717) is 11.6 Å². The second kappa shape index (κ2) is 4.67. The van der Waals surface area contributed by atoms with Crippen LogP contribution in [0.4, 0.5) is 0 Å². The summed E-state index contributed by atoms with van der Waals surface area (Å²) in [6.45, 7) is 4.03. The Bertz CT molecular complexity index is 576. The number of hydrogen-bond donors (Lipinski definition) is 1. The molecule has 1 N–H and O–H groups in total. The average Bonchev–Trinajstić information content (AvgIpc) is 2.83. The molecule has 1 aromatic rings. The van der Waals surface area contributed by atoms with Crippen LogP contribution in [-0.4, -0.2) is 31.2 Å². The highest BCUT2D eigenvalue weighted by Crippen LogP contribution is 2.48. The van der Waals surface area contributed by atoms with E-state index in [1.54, 1.807) is 6.07 Å². The van der Waals surface area contributed by atoms with Gasteiger partial charge >= 0.3 is 5.97 Å². The molecule has 19 heavy (non-hydrogen) atoms. The maximum Gasteiger partial charge on any atom is 0.356 e. The Hall–Kier alpha value is -1.86. The minimum atomic E-state index is -0.417. The Morgan fingerprint density at radius 3 is 2.84 bits per heavy atom. The Labute approximate surface area is 112 Å². The van der Waals surface area contributed by atoms with Crippen LogP contribution in [0.3, 0.4) is 0 Å². The second-order valence-electron chi connectivity index (χ2n) is 5.16. The van der Waals surface area contributed by atoms with E-state index in [1.165, 1.54) is 7.11 Å². The number of rotatable bonds is 1. The lowest BCUT2D eigenvalue weighted by molar-refractivity contribution is 0.0593. The quantitative estimate of drug-likeness (QED) is 0.601. The molecule has 3 rings (SSSR count). The first-order valence-electron chi connectivity index (χ1n) is 6.48. The number of carbonyl (C=O) groups excluding carboxylic acids is 1. The van der Waals surface area contributed by atoms with Crippen molar-refractivity contribution in [3.05, 3.63) is 29.1 Å². The number of piperidine rings is 1. The number of ether oxygens (including phenoxy) is 1. The fraction of sp³-hybridized carbons (Fsp3) is 0.467. The van der Waals surface area contributed by atoms with E-state index in [1.807, 2.05) is 13.0 Å². The number of hydrogen-bond acceptors (Lipinski definition) is 4. The van der Waals surface area contributed by atoms with Crippen LogP contribution in [0, 0.1) is 36.5 Å². The molecule has 0 amide bonds. The van der Waals surface area contributed by atoms with Gasteiger partial charge in [-0.2, -0.15) is 0 Å². The van der Waals surface area contributed by atoms with Crippen LogP contribution in [0.25, 0.3) is 0 Å². The number of fused-ring (bicyclic) bond motifs is 1. The molecule has 0 bridgehead atoms. The molecule has 1 unspecified atom stereocenters. The monoisotopic (exact) mass is 256 g/mol. The van der Waals surface area contributed by atoms with Gasteiger partial charge in [0.15, 0.2) is 0 Å². The highest BCUT2D eigenvalue weighted by Gasteiger charge is 2.51. The van der Waals surface area contributed by atoms with Crippen molar-refractivity contribution in [1.29, 1.82) is 0 Å². The first-order valence-corrected chi connectivity index (χ1v) is 6.48. The number of methoxy groups -OCH3 is 1. The largest absolute Gasteiger partial charge is 0.464 e. The van der Waals surface area contributed by atoms with E-state index in [4.69, 9.17) is 0 Å². The Morgan fingerprint density at radius 2 is 2.16 bits per heavy atom. The molecule has 1 saturated carbocycles. The lowest BCUT2D eigenvalue weighted by atomic mass is 10.2. The van der Waals surface area contributed by atoms with E-state index in [2.05, 4.69) is 26.9 Å². The molecule has 0 aromatic carbocycles. The zero-order valence-corrected chi connectivity index (χ0v) is 11.1. The van der Waals surface area contributed by atoms with Crippen molar-refractivity contribution in [2.75, 3.05) is 20.2 Å². The topological polar surface area (TPSA) is 51.2 Å². The molecule has 98 valence electrons. The van der Waals surface area contributed by atoms with Crippen LogP contribution in [0.2, 0.25) is 0 Å². The van der Waals surface area contributed by atoms with Crippen molar-refractivity contribution in [3.63, 3.8) is 0 Å². The van der Waals surface area contributed by atoms with Crippen LogP contribution in [0.15, 0.2) is 12.1 Å². The molecule has 4 heteroatoms. The molecule has 2 fully saturated rings. The highest BCUT2D eigenvalue weighted by atomic mass is 16.5. The summed E-state index contributed by atoms with van der Waals surface area (Å²) in [4.78, 5) is 15.6. The van der Waals surface area contributed by atoms with Crippen molar-refractivity contribution in [2.45, 2.75) is 6.92 Å². The summed E-state index contributed by atoms with van der Waals surface area (Å²) < 4.78 is 4.69. The summed E-state index contributed by atoms with van der Waals surface area (Å²) in [5, 5.41) is 3.35. The summed E-state index contributed by atoms with van der Waals surface area (Å²) in [5.74, 6) is 8.06. The van der Waals surface area contributed by atoms with Gasteiger partial charge in [0.25, 0.3) is 0 Å². The smallest absolute Gasteiger partial charge is 0.356 e. The van der Waals surface area contributed by atoms with Gasteiger partial charge in [0, 0.05) is 17.2 Å². The van der Waals surface area contributed by atoms with E-state index in [0.717, 1.165) is 36.2 Å². The highest BCUT2D eigenvalue weighted by molar-refractivity contribution is 5.87. The molecular formula is C15H16N2O2. The van der Waals surface area contributed by atoms with Crippen LogP contribution in [0.5, 0.6) is 0 Å². The third-order valence-electron chi connectivity index (χ3n) is 3.82. The molecule has 1 saturated heterocycles. The van der Waals surface area contributed by atoms with Crippen molar-refractivity contribution in [2.24, 2.45) is 17.8 Å². The molecule has 1 aliphatic carbocycles. The van der Waals surface area contributed by atoms with E-state index < -0.39 is 5.97 Å². The van der Waals surface area contributed by atoms with Crippen molar-refractivity contribution in [3.8, 4) is 11.8 Å². The van der Waals surface area contributed by atoms with Crippen molar-refractivity contribution < 1.29 is 9.53 Å². The molecule has 0 spiro atoms. The van der Waals surface area contributed by atoms with Gasteiger partial charge in [0.2, 0.25) is 0 Å². The average molecular weight is 256 g/mol. The summed E-state index contributed by atoms with van der Waals surface area (Å²) in [7, 11) is 1.36. The standard InChI is InChI=1S/C15H16N2O2/c1-9-5-10(6-14(17-9)15(18)19-2)3-4-11-12-7-16-8-13(11)12/h5-6,11-13,16H,7-8H2,1-2H3/t11?,12-,13+. The number of pyridine rings is 1. The summed E-state index contributed by atoms with van der Waals surface area (Å²) in [6, 6.07) is 3.60. The Balaban J connectivity index is 1.79. The predicted octanol–water partition coefficient (Wildman–Crippen LogP) is 0.994. The van der Waals surface area contributed by atoms with Crippen LogP contribution < -0.4 is 5.32 Å². The third-order valence-corrected chi connectivity index (χ3v) is 3.82. The number of esters is 1. The molecule has 4 nitrogen and oxygen atoms in total. The second-order valence-corrected chi connectivity index (χ2v) is 5.16. The normalized spacial score (nSPS) is 27.2. The van der Waals surface area contributed by atoms with Gasteiger partial charge in [0.1, 0.15) is 5.69 Å². The van der Waals surface area contributed by atoms with Gasteiger partial charge in [0.05, 0.1) is 7.11 Å². The molecular weight excluding hydrogens is 240 g/mol. The minimum Gasteiger partial charge on any atom is -0.464 e. The molecule has 1 aromatic heterocycles. The van der Waals surface area contributed by atoms with Crippen molar-refractivity contribution >= 4 is 5.97 Å². The van der Waals surface area contributed by atoms with Gasteiger partial charge in [-0.05, 0) is 44.0 Å². The number of aryl methyl sites for hydroxylation is 1. The predicted molar refractivity (Wildman–Crippen MR) is 70.5 cm³/mol. The zero-order valence-electron chi connectivity index (χ0n) is 11.1. The number of carbonyl (C=O) groups is 1. The first kappa shape index (κ1) is 12.2. The molecule has 3 atom stereocenters. The first-order chi connectivity index (χ1) is 9.19. The fourth-order valence-electron chi connectivity index (χ4n) is 2.75. The molecule has 2 aliphatic rings. The zero-order chi connectivity index (χ0) is 13.4. The number of aromatic nitrogens is 1. The molecule has 1 aliphatic heterocycles. The van der Waals surface area contributed by atoms with E-state index >= 15 is 0 Å². The van der Waals surface area contributed by atoms with Crippen molar-refractivity contribution in [1.82, 2.24) is 10.3 Å². The lowest BCUT2D eigenvalue weighted by Crippen LogP contribution is -2.13. The van der Waals surface area contributed by atoms with Gasteiger partial charge in [-0.3, -0.25) is 0 Å². The minimum absolute atomic E-state index is 0.324. The molecule has 2 heterocycles. The van der Waals surface area contributed by atoms with Crippen LogP contribution in [0.1, 0.15) is 21.7 Å². The molecule has 0 radical (unpaired) electrons. The fourth-order valence-corrected chi connectivity index (χ4v) is 2.75. The SMILES string of the molecule is COC(=O)c1cc(C#CC2[C@H]3CNC[C@@H]23)cc(C)n1. The van der Waals surface area contributed by atoms with Gasteiger partial charge in [-0.1, -0.05) is 11.8 Å². The summed E-state index contributed by atoms with van der Waals surface area (Å²) >= 11 is 0. The third kappa shape index (κ3) is 2.34. The van der Waals surface area contributed by atoms with Crippen LogP contribution in [-0.2, 0) is 4.74 Å². The summed E-state index contributed by atoms with van der Waals surface area (Å²) in [6.07, 6.45) is 0. The van der Waals surface area contributed by atoms with E-state index in [-0.39, 0.29) is 0 Å². The lowest BCUT2D eigenvalue weighted by Gasteiger charge is -2.01. The van der Waals surface area contributed by atoms with Gasteiger partial charge < -0.3 is 10.1 Å². The van der Waals surface area contributed by atoms with E-state index in [9.17, 15) is 4.79 Å². The Kier molecular flexibility index (Phi) is 3.00. The van der Waals surface area contributed by atoms with Crippen LogP contribution >= 0.6 is 0 Å². The Morgan fingerprint density at radius 1 is 1.42 bits per heavy atom. The maximum atomic E-state index is 11.5. The van der Waals surface area contributed by atoms with Gasteiger partial charge in [-0.25, -0.2) is 9.78 Å². The number of nitrogens with zero attached hydrogens (tertiary/aromatic N) is 1.